The fourth-order valence-electron chi connectivity index (χ4n) is 2.29. The van der Waals surface area contributed by atoms with Gasteiger partial charge in [0.05, 0.1) is 5.39 Å². The highest BCUT2D eigenvalue weighted by molar-refractivity contribution is 5.90. The van der Waals surface area contributed by atoms with E-state index in [4.69, 9.17) is 5.11 Å². The Morgan fingerprint density at radius 1 is 1.22 bits per heavy atom. The van der Waals surface area contributed by atoms with Gasteiger partial charge >= 0.3 is 0 Å². The summed E-state index contributed by atoms with van der Waals surface area (Å²) < 4.78 is 1.80. The molecule has 0 atom stereocenters. The lowest BCUT2D eigenvalue weighted by molar-refractivity contribution is 0.278. The number of nitrogens with zero attached hydrogens (tertiary/aromatic N) is 6. The Bertz CT molecular complexity index is 772. The van der Waals surface area contributed by atoms with Crippen molar-refractivity contribution in [2.24, 2.45) is 0 Å². The van der Waals surface area contributed by atoms with E-state index in [1.165, 1.54) is 6.33 Å². The summed E-state index contributed by atoms with van der Waals surface area (Å²) >= 11 is 0. The van der Waals surface area contributed by atoms with Gasteiger partial charge < -0.3 is 10.4 Å². The van der Waals surface area contributed by atoms with Crippen LogP contribution in [0.25, 0.3) is 22.3 Å². The molecule has 0 saturated heterocycles. The monoisotopic (exact) mass is 313 g/mol. The first-order valence-electron chi connectivity index (χ1n) is 7.67. The molecule has 0 aliphatic heterocycles. The average molecular weight is 313 g/mol. The Morgan fingerprint density at radius 3 is 2.78 bits per heavy atom. The van der Waals surface area contributed by atoms with Crippen molar-refractivity contribution in [3.8, 4) is 11.3 Å². The van der Waals surface area contributed by atoms with Crippen LogP contribution in [0.3, 0.4) is 0 Å². The maximum Gasteiger partial charge on any atom is 0.224 e. The molecule has 3 rings (SSSR count). The number of anilines is 1. The van der Waals surface area contributed by atoms with E-state index in [1.807, 2.05) is 0 Å². The molecule has 3 heterocycles. The van der Waals surface area contributed by atoms with Crippen LogP contribution in [0, 0.1) is 0 Å². The molecule has 3 aromatic heterocycles. The highest BCUT2D eigenvalue weighted by Gasteiger charge is 2.15. The van der Waals surface area contributed by atoms with Crippen LogP contribution < -0.4 is 5.32 Å². The van der Waals surface area contributed by atoms with Crippen molar-refractivity contribution in [3.05, 3.63) is 24.9 Å². The SMILES string of the molecule is CCCNc1ncc2c(-c3cncnc3)nn(CCCO)c2n1. The summed E-state index contributed by atoms with van der Waals surface area (Å²) in [4.78, 5) is 17.0. The third kappa shape index (κ3) is 3.26. The Balaban J connectivity index is 2.07. The zero-order valence-corrected chi connectivity index (χ0v) is 13.0. The minimum atomic E-state index is 0.108. The van der Waals surface area contributed by atoms with E-state index in [-0.39, 0.29) is 6.61 Å². The lowest BCUT2D eigenvalue weighted by Crippen LogP contribution is -2.07. The van der Waals surface area contributed by atoms with Gasteiger partial charge in [0.1, 0.15) is 12.0 Å². The van der Waals surface area contributed by atoms with Gasteiger partial charge in [0.25, 0.3) is 0 Å². The smallest absolute Gasteiger partial charge is 0.224 e. The fraction of sp³-hybridized carbons (Fsp3) is 0.400. The van der Waals surface area contributed by atoms with Crippen LogP contribution in [0.1, 0.15) is 19.8 Å². The van der Waals surface area contributed by atoms with Crippen molar-refractivity contribution >= 4 is 17.0 Å². The minimum absolute atomic E-state index is 0.108. The molecule has 0 radical (unpaired) electrons. The maximum atomic E-state index is 9.09. The van der Waals surface area contributed by atoms with Crippen molar-refractivity contribution in [1.82, 2.24) is 29.7 Å². The molecule has 0 aromatic carbocycles. The van der Waals surface area contributed by atoms with Crippen LogP contribution in [0.15, 0.2) is 24.9 Å². The number of aliphatic hydroxyl groups is 1. The minimum Gasteiger partial charge on any atom is -0.396 e. The molecule has 0 fully saturated rings. The molecule has 0 aliphatic rings. The number of aryl methyl sites for hydroxylation is 1. The summed E-state index contributed by atoms with van der Waals surface area (Å²) in [6, 6.07) is 0. The molecule has 0 saturated carbocycles. The van der Waals surface area contributed by atoms with Crippen LogP contribution in [-0.2, 0) is 6.54 Å². The second-order valence-electron chi connectivity index (χ2n) is 5.13. The Labute approximate surface area is 133 Å². The predicted octanol–water partition coefficient (Wildman–Crippen LogP) is 1.49. The lowest BCUT2D eigenvalue weighted by atomic mass is 10.2. The molecule has 0 spiro atoms. The normalized spacial score (nSPS) is 11.0. The molecule has 8 nitrogen and oxygen atoms in total. The van der Waals surface area contributed by atoms with Crippen LogP contribution >= 0.6 is 0 Å². The van der Waals surface area contributed by atoms with Gasteiger partial charge in [0.15, 0.2) is 5.65 Å². The fourth-order valence-corrected chi connectivity index (χ4v) is 2.29. The second kappa shape index (κ2) is 7.10. The van der Waals surface area contributed by atoms with Gasteiger partial charge in [-0.1, -0.05) is 6.92 Å². The largest absolute Gasteiger partial charge is 0.396 e. The zero-order chi connectivity index (χ0) is 16.1. The molecule has 23 heavy (non-hydrogen) atoms. The highest BCUT2D eigenvalue weighted by atomic mass is 16.3. The van der Waals surface area contributed by atoms with Crippen LogP contribution in [-0.4, -0.2) is 48.0 Å². The van der Waals surface area contributed by atoms with Crippen LogP contribution in [0.2, 0.25) is 0 Å². The first kappa shape index (κ1) is 15.3. The quantitative estimate of drug-likeness (QED) is 0.681. The van der Waals surface area contributed by atoms with E-state index in [0.717, 1.165) is 35.3 Å². The first-order valence-corrected chi connectivity index (χ1v) is 7.67. The van der Waals surface area contributed by atoms with Crippen LogP contribution in [0.5, 0.6) is 0 Å². The van der Waals surface area contributed by atoms with Gasteiger partial charge in [-0.2, -0.15) is 10.1 Å². The van der Waals surface area contributed by atoms with Crippen LogP contribution in [0.4, 0.5) is 5.95 Å². The number of aliphatic hydroxyl groups excluding tert-OH is 1. The summed E-state index contributed by atoms with van der Waals surface area (Å²) in [5, 5.41) is 17.7. The Morgan fingerprint density at radius 2 is 2.04 bits per heavy atom. The van der Waals surface area contributed by atoms with E-state index >= 15 is 0 Å². The molecular formula is C15H19N7O. The Kier molecular flexibility index (Phi) is 4.72. The van der Waals surface area contributed by atoms with Gasteiger partial charge in [-0.05, 0) is 12.8 Å². The van der Waals surface area contributed by atoms with Gasteiger partial charge in [0.2, 0.25) is 5.95 Å². The standard InChI is InChI=1S/C15H19N7O/c1-2-4-18-15-19-9-12-13(11-7-16-10-17-8-11)21-22(5-3-6-23)14(12)20-15/h7-10,23H,2-6H2,1H3,(H,18,19,20). The number of hydrogen-bond acceptors (Lipinski definition) is 7. The van der Waals surface area contributed by atoms with Gasteiger partial charge in [-0.25, -0.2) is 19.6 Å². The lowest BCUT2D eigenvalue weighted by Gasteiger charge is -2.04. The molecule has 0 amide bonds. The van der Waals surface area contributed by atoms with E-state index in [0.29, 0.717) is 18.9 Å². The van der Waals surface area contributed by atoms with E-state index in [9.17, 15) is 0 Å². The average Bonchev–Trinajstić information content (AvgIpc) is 2.97. The number of fused-ring (bicyclic) bond motifs is 1. The third-order valence-corrected chi connectivity index (χ3v) is 3.38. The number of hydrogen-bond donors (Lipinski definition) is 2. The van der Waals surface area contributed by atoms with E-state index < -0.39 is 0 Å². The van der Waals surface area contributed by atoms with E-state index in [2.05, 4.69) is 37.3 Å². The third-order valence-electron chi connectivity index (χ3n) is 3.38. The molecule has 8 heteroatoms. The van der Waals surface area contributed by atoms with Crippen molar-refractivity contribution in [2.75, 3.05) is 18.5 Å². The highest BCUT2D eigenvalue weighted by Crippen LogP contribution is 2.26. The molecule has 3 aromatic rings. The summed E-state index contributed by atoms with van der Waals surface area (Å²) in [5.74, 6) is 0.584. The van der Waals surface area contributed by atoms with Gasteiger partial charge in [-0.3, -0.25) is 0 Å². The van der Waals surface area contributed by atoms with Gasteiger partial charge in [-0.15, -0.1) is 0 Å². The van der Waals surface area contributed by atoms with Crippen molar-refractivity contribution in [2.45, 2.75) is 26.3 Å². The number of rotatable bonds is 7. The zero-order valence-electron chi connectivity index (χ0n) is 13.0. The predicted molar refractivity (Wildman–Crippen MR) is 86.8 cm³/mol. The Hall–Kier alpha value is -2.61. The maximum absolute atomic E-state index is 9.09. The summed E-state index contributed by atoms with van der Waals surface area (Å²) in [5.41, 5.74) is 2.31. The van der Waals surface area contributed by atoms with Crippen molar-refractivity contribution in [1.29, 1.82) is 0 Å². The second-order valence-corrected chi connectivity index (χ2v) is 5.13. The van der Waals surface area contributed by atoms with Gasteiger partial charge in [0, 0.05) is 43.9 Å². The summed E-state index contributed by atoms with van der Waals surface area (Å²) in [6.45, 7) is 3.60. The molecule has 0 bridgehead atoms. The first-order chi connectivity index (χ1) is 11.3. The molecule has 0 unspecified atom stereocenters. The van der Waals surface area contributed by atoms with E-state index in [1.54, 1.807) is 23.3 Å². The number of aromatic nitrogens is 6. The van der Waals surface area contributed by atoms with Crippen molar-refractivity contribution in [3.63, 3.8) is 0 Å². The topological polar surface area (TPSA) is 102 Å². The van der Waals surface area contributed by atoms with Crippen molar-refractivity contribution < 1.29 is 5.11 Å². The summed E-state index contributed by atoms with van der Waals surface area (Å²) in [6.07, 6.45) is 8.30. The molecule has 0 aliphatic carbocycles. The number of nitrogens with one attached hydrogen (secondary N) is 1. The molecular weight excluding hydrogens is 294 g/mol. The molecule has 2 N–H and O–H groups in total. The molecule has 120 valence electrons. The summed E-state index contributed by atoms with van der Waals surface area (Å²) in [7, 11) is 0.